The molecule has 3 heteroatoms. The number of hydrogen-bond acceptors (Lipinski definition) is 2. The minimum Gasteiger partial charge on any atom is -0.481 e. The van der Waals surface area contributed by atoms with Crippen LogP contribution in [0.2, 0.25) is 0 Å². The van der Waals surface area contributed by atoms with Crippen LogP contribution in [0, 0.1) is 13.8 Å². The van der Waals surface area contributed by atoms with Gasteiger partial charge in [-0.1, -0.05) is 54.1 Å². The Morgan fingerprint density at radius 1 is 1.00 bits per heavy atom. The molecule has 0 aromatic heterocycles. The van der Waals surface area contributed by atoms with Crippen molar-refractivity contribution >= 4 is 22.4 Å². The van der Waals surface area contributed by atoms with Crippen LogP contribution in [-0.4, -0.2) is 12.0 Å². The van der Waals surface area contributed by atoms with Crippen molar-refractivity contribution in [2.24, 2.45) is 0 Å². The lowest BCUT2D eigenvalue weighted by atomic mass is 10.1. The number of rotatable bonds is 4. The molecule has 0 bridgehead atoms. The number of carbonyl (C=O) groups excluding carboxylic acids is 1. The number of fused-ring (bicyclic) bond motifs is 1. The minimum absolute atomic E-state index is 0.161. The molecule has 122 valence electrons. The molecule has 1 unspecified atom stereocenters. The third-order valence-corrected chi connectivity index (χ3v) is 4.05. The van der Waals surface area contributed by atoms with E-state index in [-0.39, 0.29) is 5.91 Å². The Kier molecular flexibility index (Phi) is 4.52. The number of benzene rings is 3. The molecule has 3 aromatic carbocycles. The first-order chi connectivity index (χ1) is 11.5. The maximum Gasteiger partial charge on any atom is 0.265 e. The van der Waals surface area contributed by atoms with Gasteiger partial charge in [-0.25, -0.2) is 0 Å². The van der Waals surface area contributed by atoms with Gasteiger partial charge < -0.3 is 10.1 Å². The lowest BCUT2D eigenvalue weighted by molar-refractivity contribution is -0.122. The minimum atomic E-state index is -0.578. The summed E-state index contributed by atoms with van der Waals surface area (Å²) in [5.41, 5.74) is 3.00. The average molecular weight is 319 g/mol. The zero-order valence-corrected chi connectivity index (χ0v) is 14.2. The Balaban J connectivity index is 1.76. The van der Waals surface area contributed by atoms with E-state index >= 15 is 0 Å². The highest BCUT2D eigenvalue weighted by Gasteiger charge is 2.16. The van der Waals surface area contributed by atoms with Gasteiger partial charge in [-0.05, 0) is 43.9 Å². The van der Waals surface area contributed by atoms with Gasteiger partial charge in [0.05, 0.1) is 0 Å². The number of carbonyl (C=O) groups is 1. The van der Waals surface area contributed by atoms with Crippen molar-refractivity contribution in [2.75, 3.05) is 5.32 Å². The average Bonchev–Trinajstić information content (AvgIpc) is 2.57. The molecule has 0 heterocycles. The molecule has 1 N–H and O–H groups in total. The van der Waals surface area contributed by atoms with Crippen molar-refractivity contribution in [3.05, 3.63) is 71.8 Å². The molecule has 1 amide bonds. The molecule has 0 saturated carbocycles. The third kappa shape index (κ3) is 3.40. The van der Waals surface area contributed by atoms with Crippen LogP contribution in [-0.2, 0) is 4.79 Å². The number of hydrogen-bond donors (Lipinski definition) is 1. The van der Waals surface area contributed by atoms with Crippen molar-refractivity contribution in [3.8, 4) is 5.75 Å². The second kappa shape index (κ2) is 6.75. The molecule has 1 atom stereocenters. The van der Waals surface area contributed by atoms with E-state index in [1.54, 1.807) is 6.92 Å². The fourth-order valence-corrected chi connectivity index (χ4v) is 2.74. The highest BCUT2D eigenvalue weighted by molar-refractivity contribution is 6.03. The van der Waals surface area contributed by atoms with E-state index < -0.39 is 6.10 Å². The van der Waals surface area contributed by atoms with Crippen molar-refractivity contribution in [1.82, 2.24) is 0 Å². The Hall–Kier alpha value is -2.81. The van der Waals surface area contributed by atoms with Crippen LogP contribution in [0.4, 0.5) is 5.69 Å². The zero-order chi connectivity index (χ0) is 17.1. The Bertz CT molecular complexity index is 881. The van der Waals surface area contributed by atoms with Gasteiger partial charge in [0.25, 0.3) is 5.91 Å². The lowest BCUT2D eigenvalue weighted by Crippen LogP contribution is -2.30. The molecule has 24 heavy (non-hydrogen) atoms. The quantitative estimate of drug-likeness (QED) is 0.745. The smallest absolute Gasteiger partial charge is 0.265 e. The van der Waals surface area contributed by atoms with Crippen LogP contribution < -0.4 is 10.1 Å². The number of nitrogens with one attached hydrogen (secondary N) is 1. The SMILES string of the molecule is Cc1ccc(OC(C)C(=O)Nc2cccc3ccccc23)c(C)c1. The normalized spacial score (nSPS) is 12.0. The van der Waals surface area contributed by atoms with E-state index in [1.807, 2.05) is 74.5 Å². The predicted octanol–water partition coefficient (Wildman–Crippen LogP) is 4.86. The highest BCUT2D eigenvalue weighted by Crippen LogP contribution is 2.24. The molecule has 3 nitrogen and oxygen atoms in total. The number of amides is 1. The molecular weight excluding hydrogens is 298 g/mol. The summed E-state index contributed by atoms with van der Waals surface area (Å²) < 4.78 is 5.83. The monoisotopic (exact) mass is 319 g/mol. The fourth-order valence-electron chi connectivity index (χ4n) is 2.74. The molecule has 0 saturated heterocycles. The predicted molar refractivity (Wildman–Crippen MR) is 98.6 cm³/mol. The van der Waals surface area contributed by atoms with E-state index in [9.17, 15) is 4.79 Å². The van der Waals surface area contributed by atoms with Gasteiger partial charge in [-0.2, -0.15) is 0 Å². The molecule has 0 fully saturated rings. The van der Waals surface area contributed by atoms with Gasteiger partial charge >= 0.3 is 0 Å². The van der Waals surface area contributed by atoms with Crippen LogP contribution in [0.15, 0.2) is 60.7 Å². The molecule has 0 aliphatic heterocycles. The van der Waals surface area contributed by atoms with Gasteiger partial charge in [-0.15, -0.1) is 0 Å². The van der Waals surface area contributed by atoms with E-state index in [0.717, 1.165) is 27.8 Å². The van der Waals surface area contributed by atoms with Crippen molar-refractivity contribution in [3.63, 3.8) is 0 Å². The topological polar surface area (TPSA) is 38.3 Å². The standard InChI is InChI=1S/C21H21NO2/c1-14-11-12-20(15(2)13-14)24-16(3)21(23)22-19-10-6-8-17-7-4-5-9-18(17)19/h4-13,16H,1-3H3,(H,22,23). The van der Waals surface area contributed by atoms with Gasteiger partial charge in [0.2, 0.25) is 0 Å². The summed E-state index contributed by atoms with van der Waals surface area (Å²) in [6.07, 6.45) is -0.578. The second-order valence-corrected chi connectivity index (χ2v) is 6.04. The molecule has 0 aliphatic carbocycles. The number of aryl methyl sites for hydroxylation is 2. The fraction of sp³-hybridized carbons (Fsp3) is 0.190. The number of ether oxygens (including phenoxy) is 1. The van der Waals surface area contributed by atoms with E-state index in [0.29, 0.717) is 0 Å². The summed E-state index contributed by atoms with van der Waals surface area (Å²) in [5.74, 6) is 0.576. The highest BCUT2D eigenvalue weighted by atomic mass is 16.5. The molecule has 0 radical (unpaired) electrons. The summed E-state index contributed by atoms with van der Waals surface area (Å²) in [6.45, 7) is 5.78. The van der Waals surface area contributed by atoms with Crippen LogP contribution in [0.5, 0.6) is 5.75 Å². The summed E-state index contributed by atoms with van der Waals surface area (Å²) in [6, 6.07) is 19.8. The third-order valence-electron chi connectivity index (χ3n) is 4.05. The van der Waals surface area contributed by atoms with Crippen LogP contribution in [0.1, 0.15) is 18.1 Å². The zero-order valence-electron chi connectivity index (χ0n) is 14.2. The molecule has 0 aliphatic rings. The first kappa shape index (κ1) is 16.1. The van der Waals surface area contributed by atoms with E-state index in [1.165, 1.54) is 5.56 Å². The van der Waals surface area contributed by atoms with Crippen LogP contribution in [0.25, 0.3) is 10.8 Å². The Labute approximate surface area is 142 Å². The van der Waals surface area contributed by atoms with Crippen molar-refractivity contribution in [1.29, 1.82) is 0 Å². The summed E-state index contributed by atoms with van der Waals surface area (Å²) >= 11 is 0. The van der Waals surface area contributed by atoms with Gasteiger partial charge in [0.15, 0.2) is 6.10 Å². The Morgan fingerprint density at radius 2 is 1.75 bits per heavy atom. The van der Waals surface area contributed by atoms with Gasteiger partial charge in [0, 0.05) is 11.1 Å². The molecule has 3 rings (SSSR count). The van der Waals surface area contributed by atoms with Crippen molar-refractivity contribution < 1.29 is 9.53 Å². The van der Waals surface area contributed by atoms with E-state index in [2.05, 4.69) is 5.32 Å². The molecular formula is C21H21NO2. The second-order valence-electron chi connectivity index (χ2n) is 6.04. The Morgan fingerprint density at radius 3 is 2.54 bits per heavy atom. The molecule has 0 spiro atoms. The maximum absolute atomic E-state index is 12.5. The summed E-state index contributed by atoms with van der Waals surface area (Å²) in [7, 11) is 0. The van der Waals surface area contributed by atoms with Crippen LogP contribution >= 0.6 is 0 Å². The van der Waals surface area contributed by atoms with E-state index in [4.69, 9.17) is 4.74 Å². The first-order valence-electron chi connectivity index (χ1n) is 8.07. The first-order valence-corrected chi connectivity index (χ1v) is 8.07. The maximum atomic E-state index is 12.5. The largest absolute Gasteiger partial charge is 0.481 e. The lowest BCUT2D eigenvalue weighted by Gasteiger charge is -2.17. The summed E-state index contributed by atoms with van der Waals surface area (Å²) in [5, 5.41) is 5.09. The van der Waals surface area contributed by atoms with Crippen LogP contribution in [0.3, 0.4) is 0 Å². The van der Waals surface area contributed by atoms with Gasteiger partial charge in [-0.3, -0.25) is 4.79 Å². The molecule has 3 aromatic rings. The van der Waals surface area contributed by atoms with Gasteiger partial charge in [0.1, 0.15) is 5.75 Å². The summed E-state index contributed by atoms with van der Waals surface area (Å²) in [4.78, 5) is 12.5. The number of anilines is 1. The van der Waals surface area contributed by atoms with Crippen molar-refractivity contribution in [2.45, 2.75) is 26.9 Å².